The van der Waals surface area contributed by atoms with E-state index < -0.39 is 0 Å². The van der Waals surface area contributed by atoms with Crippen LogP contribution >= 0.6 is 0 Å². The zero-order chi connectivity index (χ0) is 22.1. The maximum Gasteiger partial charge on any atom is 0.336 e. The summed E-state index contributed by atoms with van der Waals surface area (Å²) in [4.78, 5) is 27.4. The summed E-state index contributed by atoms with van der Waals surface area (Å²) in [5.74, 6) is 0.0303. The molecule has 3 aromatic carbocycles. The smallest absolute Gasteiger partial charge is 0.336 e. The van der Waals surface area contributed by atoms with E-state index in [2.05, 4.69) is 0 Å². The van der Waals surface area contributed by atoms with Crippen molar-refractivity contribution < 1.29 is 19.1 Å². The topological polar surface area (TPSA) is 55.8 Å². The molecule has 2 aliphatic rings. The zero-order valence-electron chi connectivity index (χ0n) is 17.8. The lowest BCUT2D eigenvalue weighted by Crippen LogP contribution is -2.37. The van der Waals surface area contributed by atoms with Crippen LogP contribution < -0.4 is 9.64 Å². The van der Waals surface area contributed by atoms with Gasteiger partial charge >= 0.3 is 5.97 Å². The van der Waals surface area contributed by atoms with Gasteiger partial charge in [0.05, 0.1) is 11.3 Å². The van der Waals surface area contributed by atoms with E-state index in [4.69, 9.17) is 9.47 Å². The number of cyclic esters (lactones) is 1. The molecule has 0 fully saturated rings. The Kier molecular flexibility index (Phi) is 5.23. The van der Waals surface area contributed by atoms with Gasteiger partial charge in [0, 0.05) is 18.0 Å². The normalized spacial score (nSPS) is 17.9. The molecule has 160 valence electrons. The van der Waals surface area contributed by atoms with Gasteiger partial charge in [0.2, 0.25) is 5.91 Å². The minimum atomic E-state index is -0.348. The van der Waals surface area contributed by atoms with Crippen LogP contribution in [0.4, 0.5) is 5.69 Å². The maximum atomic E-state index is 13.2. The molecule has 1 atom stereocenters. The SMILES string of the molecule is Cc1cccc(N2C(=O)C[C@H](c3ccc(OCc4ccccc4)cc3)C3=C2COC3=O)c1. The first-order chi connectivity index (χ1) is 15.6. The molecular weight excluding hydrogens is 402 g/mol. The molecule has 0 aliphatic carbocycles. The summed E-state index contributed by atoms with van der Waals surface area (Å²) in [5.41, 5.74) is 5.03. The fourth-order valence-corrected chi connectivity index (χ4v) is 4.34. The Balaban J connectivity index is 1.41. The Hall–Kier alpha value is -3.86. The second kappa shape index (κ2) is 8.35. The number of hydrogen-bond donors (Lipinski definition) is 0. The fourth-order valence-electron chi connectivity index (χ4n) is 4.34. The van der Waals surface area contributed by atoms with Crippen molar-refractivity contribution in [1.29, 1.82) is 0 Å². The van der Waals surface area contributed by atoms with E-state index in [1.807, 2.05) is 85.8 Å². The summed E-state index contributed by atoms with van der Waals surface area (Å²) in [6.45, 7) is 2.57. The van der Waals surface area contributed by atoms with Crippen molar-refractivity contribution in [3.63, 3.8) is 0 Å². The third kappa shape index (κ3) is 3.78. The van der Waals surface area contributed by atoms with Gasteiger partial charge in [-0.1, -0.05) is 54.6 Å². The first-order valence-electron chi connectivity index (χ1n) is 10.7. The number of rotatable bonds is 5. The van der Waals surface area contributed by atoms with Crippen molar-refractivity contribution in [3.05, 3.63) is 107 Å². The number of carbonyl (C=O) groups is 2. The molecule has 32 heavy (non-hydrogen) atoms. The van der Waals surface area contributed by atoms with Crippen LogP contribution in [0.25, 0.3) is 0 Å². The summed E-state index contributed by atoms with van der Waals surface area (Å²) < 4.78 is 11.2. The third-order valence-electron chi connectivity index (χ3n) is 5.91. The van der Waals surface area contributed by atoms with Crippen LogP contribution in [-0.2, 0) is 20.9 Å². The molecule has 5 heteroatoms. The van der Waals surface area contributed by atoms with E-state index >= 15 is 0 Å². The molecule has 0 saturated heterocycles. The zero-order valence-corrected chi connectivity index (χ0v) is 17.8. The molecule has 3 aromatic rings. The quantitative estimate of drug-likeness (QED) is 0.546. The second-order valence-corrected chi connectivity index (χ2v) is 8.10. The molecule has 5 nitrogen and oxygen atoms in total. The van der Waals surface area contributed by atoms with Gasteiger partial charge in [0.25, 0.3) is 0 Å². The first kappa shape index (κ1) is 20.1. The summed E-state index contributed by atoms with van der Waals surface area (Å²) in [7, 11) is 0. The number of benzene rings is 3. The standard InChI is InChI=1S/C27H23NO4/c1-18-6-5-9-21(14-18)28-24-17-32-27(30)26(24)23(15-25(28)29)20-10-12-22(13-11-20)31-16-19-7-3-2-4-8-19/h2-14,23H,15-17H2,1H3/t23-/m1/s1. The number of carbonyl (C=O) groups excluding carboxylic acids is 2. The highest BCUT2D eigenvalue weighted by molar-refractivity contribution is 6.06. The van der Waals surface area contributed by atoms with Gasteiger partial charge in [0.1, 0.15) is 19.0 Å². The van der Waals surface area contributed by atoms with Crippen LogP contribution in [0.1, 0.15) is 29.0 Å². The van der Waals surface area contributed by atoms with Crippen LogP contribution in [0, 0.1) is 6.92 Å². The van der Waals surface area contributed by atoms with Crippen molar-refractivity contribution in [1.82, 2.24) is 0 Å². The summed E-state index contributed by atoms with van der Waals surface area (Å²) in [5, 5.41) is 0. The van der Waals surface area contributed by atoms with Crippen molar-refractivity contribution in [2.45, 2.75) is 25.9 Å². The number of ether oxygens (including phenoxy) is 2. The number of esters is 1. The van der Waals surface area contributed by atoms with Crippen molar-refractivity contribution >= 4 is 17.6 Å². The Morgan fingerprint density at radius 1 is 0.969 bits per heavy atom. The molecule has 0 spiro atoms. The Morgan fingerprint density at radius 2 is 1.75 bits per heavy atom. The molecule has 1 amide bonds. The molecule has 0 aromatic heterocycles. The lowest BCUT2D eigenvalue weighted by atomic mass is 9.84. The van der Waals surface area contributed by atoms with Gasteiger partial charge in [-0.15, -0.1) is 0 Å². The van der Waals surface area contributed by atoms with Gasteiger partial charge in [-0.3, -0.25) is 9.69 Å². The molecule has 2 heterocycles. The fraction of sp³-hybridized carbons (Fsp3) is 0.185. The van der Waals surface area contributed by atoms with Crippen LogP contribution in [-0.4, -0.2) is 18.5 Å². The molecule has 0 unspecified atom stereocenters. The number of nitrogens with zero attached hydrogens (tertiary/aromatic N) is 1. The Bertz CT molecular complexity index is 1200. The van der Waals surface area contributed by atoms with Crippen LogP contribution in [0.2, 0.25) is 0 Å². The van der Waals surface area contributed by atoms with Gasteiger partial charge < -0.3 is 9.47 Å². The average molecular weight is 425 g/mol. The van der Waals surface area contributed by atoms with Crippen molar-refractivity contribution in [2.75, 3.05) is 11.5 Å². The van der Waals surface area contributed by atoms with Crippen molar-refractivity contribution in [3.8, 4) is 5.75 Å². The highest BCUT2D eigenvalue weighted by Crippen LogP contribution is 2.42. The Morgan fingerprint density at radius 3 is 2.50 bits per heavy atom. The van der Waals surface area contributed by atoms with E-state index in [0.29, 0.717) is 17.9 Å². The van der Waals surface area contributed by atoms with Gasteiger partial charge in [-0.2, -0.15) is 0 Å². The lowest BCUT2D eigenvalue weighted by molar-refractivity contribution is -0.136. The number of anilines is 1. The summed E-state index contributed by atoms with van der Waals surface area (Å²) >= 11 is 0. The molecular formula is C27H23NO4. The van der Waals surface area contributed by atoms with Crippen LogP contribution in [0.3, 0.4) is 0 Å². The Labute approximate surface area is 186 Å². The minimum absolute atomic E-state index is 0.0398. The highest BCUT2D eigenvalue weighted by Gasteiger charge is 2.42. The van der Waals surface area contributed by atoms with Gasteiger partial charge in [0.15, 0.2) is 0 Å². The van der Waals surface area contributed by atoms with E-state index in [-0.39, 0.29) is 30.8 Å². The number of amides is 1. The summed E-state index contributed by atoms with van der Waals surface area (Å²) in [6, 6.07) is 25.3. The van der Waals surface area contributed by atoms with Crippen molar-refractivity contribution in [2.24, 2.45) is 0 Å². The maximum absolute atomic E-state index is 13.2. The number of hydrogen-bond acceptors (Lipinski definition) is 4. The predicted molar refractivity (Wildman–Crippen MR) is 121 cm³/mol. The molecule has 0 N–H and O–H groups in total. The van der Waals surface area contributed by atoms with E-state index in [0.717, 1.165) is 28.1 Å². The van der Waals surface area contributed by atoms with Gasteiger partial charge in [-0.05, 0) is 47.9 Å². The summed E-state index contributed by atoms with van der Waals surface area (Å²) in [6.07, 6.45) is 0.214. The van der Waals surface area contributed by atoms with Crippen LogP contribution in [0.15, 0.2) is 90.1 Å². The highest BCUT2D eigenvalue weighted by atomic mass is 16.5. The largest absolute Gasteiger partial charge is 0.489 e. The molecule has 0 bridgehead atoms. The van der Waals surface area contributed by atoms with Gasteiger partial charge in [-0.25, -0.2) is 4.79 Å². The number of aryl methyl sites for hydroxylation is 1. The molecule has 5 rings (SSSR count). The molecule has 0 saturated carbocycles. The minimum Gasteiger partial charge on any atom is -0.489 e. The van der Waals surface area contributed by atoms with E-state index in [9.17, 15) is 9.59 Å². The lowest BCUT2D eigenvalue weighted by Gasteiger charge is -2.32. The first-order valence-corrected chi connectivity index (χ1v) is 10.7. The van der Waals surface area contributed by atoms with Crippen LogP contribution in [0.5, 0.6) is 5.75 Å². The molecule has 2 aliphatic heterocycles. The average Bonchev–Trinajstić information content (AvgIpc) is 3.19. The van der Waals surface area contributed by atoms with E-state index in [1.165, 1.54) is 0 Å². The second-order valence-electron chi connectivity index (χ2n) is 8.10. The molecule has 0 radical (unpaired) electrons. The van der Waals surface area contributed by atoms with E-state index in [1.54, 1.807) is 4.90 Å². The third-order valence-corrected chi connectivity index (χ3v) is 5.91. The predicted octanol–water partition coefficient (Wildman–Crippen LogP) is 4.91. The monoisotopic (exact) mass is 425 g/mol.